The van der Waals surface area contributed by atoms with Gasteiger partial charge in [0.1, 0.15) is 0 Å². The summed E-state index contributed by atoms with van der Waals surface area (Å²) in [6.07, 6.45) is 1.46. The second-order valence-corrected chi connectivity index (χ2v) is 2.65. The van der Waals surface area contributed by atoms with E-state index < -0.39 is 17.4 Å². The molecule has 0 amide bonds. The molecule has 1 nitrogen and oxygen atoms in total. The SMILES string of the molecule is Oc1c(F)cc(/C=C/Br)cc1F. The Labute approximate surface area is 76.5 Å². The predicted molar refractivity (Wildman–Crippen MR) is 46.0 cm³/mol. The molecule has 0 saturated heterocycles. The monoisotopic (exact) mass is 234 g/mol. The number of hydrogen-bond donors (Lipinski definition) is 1. The van der Waals surface area contributed by atoms with Crippen molar-refractivity contribution in [3.63, 3.8) is 0 Å². The van der Waals surface area contributed by atoms with Crippen LogP contribution in [0.5, 0.6) is 5.75 Å². The van der Waals surface area contributed by atoms with Crippen molar-refractivity contribution in [2.75, 3.05) is 0 Å². The molecule has 4 heteroatoms. The lowest BCUT2D eigenvalue weighted by molar-refractivity contribution is 0.396. The summed E-state index contributed by atoms with van der Waals surface area (Å²) in [6.45, 7) is 0. The fourth-order valence-corrected chi connectivity index (χ4v) is 1.06. The first-order valence-corrected chi connectivity index (χ1v) is 4.01. The average Bonchev–Trinajstić information content (AvgIpc) is 2.01. The molecule has 0 spiro atoms. The Morgan fingerprint density at radius 3 is 2.17 bits per heavy atom. The van der Waals surface area contributed by atoms with Crippen molar-refractivity contribution in [2.45, 2.75) is 0 Å². The van der Waals surface area contributed by atoms with Gasteiger partial charge in [0.25, 0.3) is 0 Å². The highest BCUT2D eigenvalue weighted by Crippen LogP contribution is 2.22. The van der Waals surface area contributed by atoms with E-state index in [-0.39, 0.29) is 0 Å². The van der Waals surface area contributed by atoms with Crippen LogP contribution in [0, 0.1) is 11.6 Å². The van der Waals surface area contributed by atoms with Crippen LogP contribution in [0.4, 0.5) is 8.78 Å². The fraction of sp³-hybridized carbons (Fsp3) is 0. The highest BCUT2D eigenvalue weighted by Gasteiger charge is 2.07. The highest BCUT2D eigenvalue weighted by atomic mass is 79.9. The van der Waals surface area contributed by atoms with E-state index in [1.54, 1.807) is 0 Å². The van der Waals surface area contributed by atoms with Crippen molar-refractivity contribution in [1.29, 1.82) is 0 Å². The molecule has 0 bridgehead atoms. The van der Waals surface area contributed by atoms with E-state index in [4.69, 9.17) is 5.11 Å². The van der Waals surface area contributed by atoms with Crippen LogP contribution in [0.25, 0.3) is 6.08 Å². The standard InChI is InChI=1S/C8H5BrF2O/c9-2-1-5-3-6(10)8(12)7(11)4-5/h1-4,12H/b2-1+. The van der Waals surface area contributed by atoms with Gasteiger partial charge >= 0.3 is 0 Å². The number of hydrogen-bond acceptors (Lipinski definition) is 1. The lowest BCUT2D eigenvalue weighted by atomic mass is 10.2. The molecule has 0 unspecified atom stereocenters. The quantitative estimate of drug-likeness (QED) is 0.793. The first kappa shape index (κ1) is 9.19. The van der Waals surface area contributed by atoms with Crippen LogP contribution in [0.2, 0.25) is 0 Å². The zero-order valence-corrected chi connectivity index (χ0v) is 7.48. The van der Waals surface area contributed by atoms with Crippen LogP contribution in [0.3, 0.4) is 0 Å². The molecular weight excluding hydrogens is 230 g/mol. The summed E-state index contributed by atoms with van der Waals surface area (Å²) in [6, 6.07) is 2.08. The van der Waals surface area contributed by atoms with Crippen LogP contribution < -0.4 is 0 Å². The first-order valence-electron chi connectivity index (χ1n) is 3.10. The van der Waals surface area contributed by atoms with Crippen LogP contribution in [0.15, 0.2) is 17.1 Å². The molecular formula is C8H5BrF2O. The summed E-state index contributed by atoms with van der Waals surface area (Å²) >= 11 is 2.97. The van der Waals surface area contributed by atoms with Crippen LogP contribution in [-0.4, -0.2) is 5.11 Å². The molecule has 12 heavy (non-hydrogen) atoms. The largest absolute Gasteiger partial charge is 0.503 e. The molecule has 0 aliphatic rings. The second-order valence-electron chi connectivity index (χ2n) is 2.13. The molecule has 0 aliphatic carbocycles. The zero-order chi connectivity index (χ0) is 9.14. The summed E-state index contributed by atoms with van der Waals surface area (Å²) in [4.78, 5) is 1.47. The Morgan fingerprint density at radius 1 is 1.25 bits per heavy atom. The van der Waals surface area contributed by atoms with Gasteiger partial charge in [-0.25, -0.2) is 8.78 Å². The summed E-state index contributed by atoms with van der Waals surface area (Å²) < 4.78 is 25.2. The molecule has 0 aromatic heterocycles. The van der Waals surface area contributed by atoms with E-state index in [1.165, 1.54) is 11.1 Å². The average molecular weight is 235 g/mol. The summed E-state index contributed by atoms with van der Waals surface area (Å²) in [5.41, 5.74) is 0.347. The number of phenols is 1. The lowest BCUT2D eigenvalue weighted by Crippen LogP contribution is -1.84. The minimum absolute atomic E-state index is 0.347. The van der Waals surface area contributed by atoms with E-state index in [0.717, 1.165) is 12.1 Å². The van der Waals surface area contributed by atoms with E-state index in [9.17, 15) is 8.78 Å². The Hall–Kier alpha value is -0.900. The van der Waals surface area contributed by atoms with Gasteiger partial charge in [-0.3, -0.25) is 0 Å². The Kier molecular flexibility index (Phi) is 2.81. The molecule has 0 aliphatic heterocycles. The third kappa shape index (κ3) is 1.82. The maximum absolute atomic E-state index is 12.6. The molecule has 1 aromatic rings. The van der Waals surface area contributed by atoms with Crippen molar-refractivity contribution in [3.05, 3.63) is 34.3 Å². The summed E-state index contributed by atoms with van der Waals surface area (Å²) in [5, 5.41) is 8.71. The molecule has 0 fully saturated rings. The molecule has 1 rings (SSSR count). The molecule has 0 saturated carbocycles. The highest BCUT2D eigenvalue weighted by molar-refractivity contribution is 9.11. The van der Waals surface area contributed by atoms with Gasteiger partial charge in [0.15, 0.2) is 17.4 Å². The number of phenolic OH excluding ortho intramolecular Hbond substituents is 1. The van der Waals surface area contributed by atoms with E-state index >= 15 is 0 Å². The predicted octanol–water partition coefficient (Wildman–Crippen LogP) is 3.04. The van der Waals surface area contributed by atoms with Gasteiger partial charge in [-0.05, 0) is 28.8 Å². The van der Waals surface area contributed by atoms with Crippen LogP contribution >= 0.6 is 15.9 Å². The van der Waals surface area contributed by atoms with Crippen molar-refractivity contribution in [3.8, 4) is 5.75 Å². The Morgan fingerprint density at radius 2 is 1.75 bits per heavy atom. The Balaban J connectivity index is 3.21. The van der Waals surface area contributed by atoms with E-state index in [1.807, 2.05) is 0 Å². The van der Waals surface area contributed by atoms with Crippen LogP contribution in [-0.2, 0) is 0 Å². The van der Waals surface area contributed by atoms with Gasteiger partial charge in [-0.2, -0.15) is 0 Å². The van der Waals surface area contributed by atoms with Gasteiger partial charge in [0.2, 0.25) is 0 Å². The zero-order valence-electron chi connectivity index (χ0n) is 5.89. The first-order chi connectivity index (χ1) is 5.65. The minimum Gasteiger partial charge on any atom is -0.503 e. The van der Waals surface area contributed by atoms with Gasteiger partial charge in [0, 0.05) is 0 Å². The molecule has 1 N–H and O–H groups in total. The maximum Gasteiger partial charge on any atom is 0.187 e. The topological polar surface area (TPSA) is 20.2 Å². The van der Waals surface area contributed by atoms with Crippen molar-refractivity contribution >= 4 is 22.0 Å². The number of aromatic hydroxyl groups is 1. The van der Waals surface area contributed by atoms with E-state index in [0.29, 0.717) is 5.56 Å². The van der Waals surface area contributed by atoms with Crippen molar-refractivity contribution in [2.24, 2.45) is 0 Å². The van der Waals surface area contributed by atoms with Gasteiger partial charge in [-0.15, -0.1) is 0 Å². The third-order valence-electron chi connectivity index (χ3n) is 1.29. The maximum atomic E-state index is 12.6. The molecule has 0 radical (unpaired) electrons. The summed E-state index contributed by atoms with van der Waals surface area (Å²) in [7, 11) is 0. The third-order valence-corrected chi connectivity index (χ3v) is 1.56. The van der Waals surface area contributed by atoms with Crippen molar-refractivity contribution in [1.82, 2.24) is 0 Å². The molecule has 0 heterocycles. The lowest BCUT2D eigenvalue weighted by Gasteiger charge is -1.98. The number of benzene rings is 1. The molecule has 1 aromatic carbocycles. The summed E-state index contributed by atoms with van der Waals surface area (Å²) in [5.74, 6) is -2.87. The van der Waals surface area contributed by atoms with Crippen molar-refractivity contribution < 1.29 is 13.9 Å². The second kappa shape index (κ2) is 3.67. The number of rotatable bonds is 1. The fourth-order valence-electron chi connectivity index (χ4n) is 0.754. The molecule has 0 atom stereocenters. The van der Waals surface area contributed by atoms with Gasteiger partial charge in [-0.1, -0.05) is 15.9 Å². The Bertz CT molecular complexity index is 300. The van der Waals surface area contributed by atoms with Crippen LogP contribution in [0.1, 0.15) is 5.56 Å². The normalized spacial score (nSPS) is 10.9. The molecule has 64 valence electrons. The van der Waals surface area contributed by atoms with E-state index in [2.05, 4.69) is 15.9 Å². The van der Waals surface area contributed by atoms with Gasteiger partial charge in [0.05, 0.1) is 0 Å². The smallest absolute Gasteiger partial charge is 0.187 e. The number of halogens is 3. The van der Waals surface area contributed by atoms with Gasteiger partial charge < -0.3 is 5.11 Å². The minimum atomic E-state index is -0.962.